The monoisotopic (exact) mass is 423 g/mol. The normalized spacial score (nSPS) is 15.8. The van der Waals surface area contributed by atoms with Gasteiger partial charge in [0.05, 0.1) is 18.5 Å². The van der Waals surface area contributed by atoms with E-state index in [1.54, 1.807) is 18.9 Å². The number of aromatic nitrogens is 2. The zero-order chi connectivity index (χ0) is 21.4. The quantitative estimate of drug-likeness (QED) is 0.699. The molecular weight excluding hydrogens is 402 g/mol. The van der Waals surface area contributed by atoms with Gasteiger partial charge in [-0.15, -0.1) is 11.8 Å². The standard InChI is InChI=1S/C22H21N3O4S/c1-24-20(26)19(21(27)25(2)22(24)28)15-12-18(13-8-4-6-10-16(13)29-3)30-17-11-7-5-9-14(17)23-15/h4-11,18,26H,12H2,1-3H3/t18-/m1/s1. The van der Waals surface area contributed by atoms with Crippen molar-refractivity contribution in [2.24, 2.45) is 19.1 Å². The van der Waals surface area contributed by atoms with Crippen LogP contribution in [-0.4, -0.2) is 27.1 Å². The molecule has 7 nitrogen and oxygen atoms in total. The van der Waals surface area contributed by atoms with Crippen LogP contribution in [0.4, 0.5) is 5.69 Å². The molecule has 1 aliphatic heterocycles. The van der Waals surface area contributed by atoms with E-state index in [2.05, 4.69) is 0 Å². The molecule has 4 rings (SSSR count). The molecule has 1 atom stereocenters. The SMILES string of the molecule is COc1ccccc1[C@H]1CC(c2c(O)n(C)c(=O)n(C)c2=O)=Nc2ccccc2S1. The number of thioether (sulfide) groups is 1. The van der Waals surface area contributed by atoms with Gasteiger partial charge in [-0.25, -0.2) is 4.79 Å². The molecule has 2 heterocycles. The summed E-state index contributed by atoms with van der Waals surface area (Å²) in [5.41, 5.74) is 0.985. The molecule has 0 amide bonds. The van der Waals surface area contributed by atoms with Gasteiger partial charge in [0.25, 0.3) is 5.56 Å². The fourth-order valence-corrected chi connectivity index (χ4v) is 4.82. The van der Waals surface area contributed by atoms with Crippen LogP contribution < -0.4 is 16.0 Å². The van der Waals surface area contributed by atoms with Crippen molar-refractivity contribution >= 4 is 23.2 Å². The number of rotatable bonds is 3. The fourth-order valence-electron chi connectivity index (χ4n) is 3.56. The molecule has 0 saturated carbocycles. The number of fused-ring (bicyclic) bond motifs is 1. The first-order chi connectivity index (χ1) is 14.4. The predicted molar refractivity (Wildman–Crippen MR) is 117 cm³/mol. The third-order valence-corrected chi connectivity index (χ3v) is 6.48. The maximum absolute atomic E-state index is 12.9. The number of aromatic hydroxyl groups is 1. The van der Waals surface area contributed by atoms with Crippen molar-refractivity contribution in [2.75, 3.05) is 7.11 Å². The largest absolute Gasteiger partial charge is 0.496 e. The third kappa shape index (κ3) is 3.33. The summed E-state index contributed by atoms with van der Waals surface area (Å²) in [5.74, 6) is 0.358. The van der Waals surface area contributed by atoms with Crippen LogP contribution in [0.1, 0.15) is 22.8 Å². The van der Waals surface area contributed by atoms with Crippen LogP contribution in [0.15, 0.2) is 68.0 Å². The zero-order valence-electron chi connectivity index (χ0n) is 16.8. The van der Waals surface area contributed by atoms with Crippen molar-refractivity contribution in [3.05, 3.63) is 80.5 Å². The molecule has 0 spiro atoms. The highest BCUT2D eigenvalue weighted by atomic mass is 32.2. The molecule has 0 bridgehead atoms. The third-order valence-electron chi connectivity index (χ3n) is 5.18. The van der Waals surface area contributed by atoms with Gasteiger partial charge in [-0.05, 0) is 18.2 Å². The summed E-state index contributed by atoms with van der Waals surface area (Å²) < 4.78 is 7.60. The predicted octanol–water partition coefficient (Wildman–Crippen LogP) is 3.16. The van der Waals surface area contributed by atoms with Gasteiger partial charge in [0.15, 0.2) is 0 Å². The molecule has 2 aromatic carbocycles. The molecular formula is C22H21N3O4S. The number of methoxy groups -OCH3 is 1. The Hall–Kier alpha value is -3.26. The number of hydrogen-bond acceptors (Lipinski definition) is 6. The highest BCUT2D eigenvalue weighted by molar-refractivity contribution is 7.99. The van der Waals surface area contributed by atoms with Gasteiger partial charge >= 0.3 is 5.69 Å². The Kier molecular flexibility index (Phi) is 5.26. The minimum atomic E-state index is -0.591. The van der Waals surface area contributed by atoms with Crippen molar-refractivity contribution in [3.63, 3.8) is 0 Å². The number of ether oxygens (including phenoxy) is 1. The van der Waals surface area contributed by atoms with Gasteiger partial charge in [-0.1, -0.05) is 30.3 Å². The molecule has 0 radical (unpaired) electrons. The lowest BCUT2D eigenvalue weighted by molar-refractivity contribution is 0.409. The van der Waals surface area contributed by atoms with Crippen molar-refractivity contribution in [3.8, 4) is 11.6 Å². The van der Waals surface area contributed by atoms with E-state index in [4.69, 9.17) is 9.73 Å². The van der Waals surface area contributed by atoms with E-state index in [0.29, 0.717) is 17.8 Å². The van der Waals surface area contributed by atoms with Crippen LogP contribution >= 0.6 is 11.8 Å². The molecule has 0 fully saturated rings. The molecule has 8 heteroatoms. The van der Waals surface area contributed by atoms with Crippen LogP contribution in [-0.2, 0) is 14.1 Å². The van der Waals surface area contributed by atoms with Crippen molar-refractivity contribution in [1.82, 2.24) is 9.13 Å². The highest BCUT2D eigenvalue weighted by Crippen LogP contribution is 2.47. The van der Waals surface area contributed by atoms with Gasteiger partial charge < -0.3 is 9.84 Å². The molecule has 0 aliphatic carbocycles. The van der Waals surface area contributed by atoms with Gasteiger partial charge in [0.2, 0.25) is 5.88 Å². The Balaban J connectivity index is 1.95. The van der Waals surface area contributed by atoms with E-state index in [-0.39, 0.29) is 16.7 Å². The maximum Gasteiger partial charge on any atom is 0.333 e. The minimum absolute atomic E-state index is 0.0387. The average Bonchev–Trinajstić information content (AvgIpc) is 2.96. The second-order valence-electron chi connectivity index (χ2n) is 6.98. The Bertz CT molecular complexity index is 1280. The maximum atomic E-state index is 12.9. The summed E-state index contributed by atoms with van der Waals surface area (Å²) in [6.07, 6.45) is 0.376. The Morgan fingerprint density at radius 1 is 1.07 bits per heavy atom. The summed E-state index contributed by atoms with van der Waals surface area (Å²) in [5, 5.41) is 10.6. The molecule has 154 valence electrons. The number of para-hydroxylation sites is 2. The zero-order valence-corrected chi connectivity index (χ0v) is 17.6. The lowest BCUT2D eigenvalue weighted by atomic mass is 10.0. The first-order valence-corrected chi connectivity index (χ1v) is 10.3. The molecule has 3 aromatic rings. The first-order valence-electron chi connectivity index (χ1n) is 9.38. The molecule has 1 aromatic heterocycles. The fraction of sp³-hybridized carbons (Fsp3) is 0.227. The smallest absolute Gasteiger partial charge is 0.333 e. The lowest BCUT2D eigenvalue weighted by Crippen LogP contribution is -2.40. The molecule has 0 saturated heterocycles. The number of aliphatic imine (C=N–C) groups is 1. The van der Waals surface area contributed by atoms with Crippen LogP contribution in [0.25, 0.3) is 0 Å². The molecule has 30 heavy (non-hydrogen) atoms. The highest BCUT2D eigenvalue weighted by Gasteiger charge is 2.28. The first kappa shape index (κ1) is 20.0. The van der Waals surface area contributed by atoms with Gasteiger partial charge in [-0.2, -0.15) is 0 Å². The van der Waals surface area contributed by atoms with Crippen molar-refractivity contribution in [1.29, 1.82) is 0 Å². The Morgan fingerprint density at radius 3 is 2.53 bits per heavy atom. The second-order valence-corrected chi connectivity index (χ2v) is 8.23. The van der Waals surface area contributed by atoms with Crippen LogP contribution in [0.3, 0.4) is 0 Å². The van der Waals surface area contributed by atoms with E-state index in [0.717, 1.165) is 25.3 Å². The van der Waals surface area contributed by atoms with Gasteiger partial charge in [-0.3, -0.25) is 18.9 Å². The van der Waals surface area contributed by atoms with Gasteiger partial charge in [0, 0.05) is 36.2 Å². The summed E-state index contributed by atoms with van der Waals surface area (Å²) in [6, 6.07) is 15.4. The van der Waals surface area contributed by atoms with Crippen LogP contribution in [0.5, 0.6) is 11.6 Å². The Morgan fingerprint density at radius 2 is 1.77 bits per heavy atom. The average molecular weight is 423 g/mol. The van der Waals surface area contributed by atoms with Gasteiger partial charge in [0.1, 0.15) is 11.3 Å². The van der Waals surface area contributed by atoms with E-state index in [9.17, 15) is 14.7 Å². The van der Waals surface area contributed by atoms with Crippen molar-refractivity contribution in [2.45, 2.75) is 16.6 Å². The van der Waals surface area contributed by atoms with E-state index in [1.807, 2.05) is 48.5 Å². The number of hydrogen-bond donors (Lipinski definition) is 1. The number of nitrogens with zero attached hydrogens (tertiary/aromatic N) is 3. The summed E-state index contributed by atoms with van der Waals surface area (Å²) in [7, 11) is 4.45. The molecule has 1 aliphatic rings. The lowest BCUT2D eigenvalue weighted by Gasteiger charge is -2.19. The van der Waals surface area contributed by atoms with E-state index in [1.165, 1.54) is 14.1 Å². The summed E-state index contributed by atoms with van der Waals surface area (Å²) in [6.45, 7) is 0. The van der Waals surface area contributed by atoms with Crippen LogP contribution in [0.2, 0.25) is 0 Å². The molecule has 1 N–H and O–H groups in total. The second kappa shape index (κ2) is 7.87. The van der Waals surface area contributed by atoms with E-state index >= 15 is 0 Å². The van der Waals surface area contributed by atoms with Crippen molar-refractivity contribution < 1.29 is 9.84 Å². The molecule has 0 unspecified atom stereocenters. The number of benzene rings is 2. The summed E-state index contributed by atoms with van der Waals surface area (Å²) >= 11 is 1.63. The minimum Gasteiger partial charge on any atom is -0.496 e. The van der Waals surface area contributed by atoms with E-state index < -0.39 is 11.2 Å². The topological polar surface area (TPSA) is 85.8 Å². The summed E-state index contributed by atoms with van der Waals surface area (Å²) in [4.78, 5) is 30.8. The van der Waals surface area contributed by atoms with Crippen LogP contribution in [0, 0.1) is 0 Å². The Labute approximate surface area is 177 Å².